The highest BCUT2D eigenvalue weighted by Crippen LogP contribution is 2.29. The molecule has 2 aromatic carbocycles. The summed E-state index contributed by atoms with van der Waals surface area (Å²) < 4.78 is 12.9. The molecule has 0 saturated carbocycles. The SMILES string of the molecule is CCn1nccc1C(=O)/C=C/c1ccc(OC)c(COc2ccc(Cl)cc2Cl)c1. The summed E-state index contributed by atoms with van der Waals surface area (Å²) in [7, 11) is 1.60. The molecule has 7 heteroatoms. The fourth-order valence-corrected chi connectivity index (χ4v) is 3.28. The molecule has 0 saturated heterocycles. The van der Waals surface area contributed by atoms with Crippen molar-refractivity contribution < 1.29 is 14.3 Å². The van der Waals surface area contributed by atoms with Gasteiger partial charge in [-0.3, -0.25) is 9.48 Å². The van der Waals surface area contributed by atoms with Crippen molar-refractivity contribution in [2.24, 2.45) is 0 Å². The Labute approximate surface area is 179 Å². The lowest BCUT2D eigenvalue weighted by molar-refractivity contribution is 0.103. The fourth-order valence-electron chi connectivity index (χ4n) is 2.81. The van der Waals surface area contributed by atoms with Crippen LogP contribution in [0.15, 0.2) is 54.7 Å². The average molecular weight is 431 g/mol. The number of benzene rings is 2. The van der Waals surface area contributed by atoms with Gasteiger partial charge in [-0.15, -0.1) is 0 Å². The van der Waals surface area contributed by atoms with Crippen LogP contribution in [-0.4, -0.2) is 22.7 Å². The normalized spacial score (nSPS) is 11.0. The minimum atomic E-state index is -0.106. The van der Waals surface area contributed by atoms with Crippen molar-refractivity contribution in [1.82, 2.24) is 9.78 Å². The van der Waals surface area contributed by atoms with Crippen LogP contribution in [0.25, 0.3) is 6.08 Å². The number of ketones is 1. The van der Waals surface area contributed by atoms with Crippen molar-refractivity contribution in [3.05, 3.63) is 81.6 Å². The first kappa shape index (κ1) is 21.0. The fraction of sp³-hybridized carbons (Fsp3) is 0.182. The molecule has 5 nitrogen and oxygen atoms in total. The number of nitrogens with zero attached hydrogens (tertiary/aromatic N) is 2. The second-order valence-electron chi connectivity index (χ2n) is 6.16. The summed E-state index contributed by atoms with van der Waals surface area (Å²) in [6, 6.07) is 12.4. The molecule has 0 bridgehead atoms. The Bertz CT molecular complexity index is 1040. The quantitative estimate of drug-likeness (QED) is 0.340. The van der Waals surface area contributed by atoms with Gasteiger partial charge in [0.1, 0.15) is 23.8 Å². The first-order valence-electron chi connectivity index (χ1n) is 9.00. The smallest absolute Gasteiger partial charge is 0.203 e. The molecule has 3 aromatic rings. The molecule has 29 heavy (non-hydrogen) atoms. The van der Waals surface area contributed by atoms with Gasteiger partial charge in [-0.05, 0) is 55.0 Å². The van der Waals surface area contributed by atoms with Gasteiger partial charge in [0.15, 0.2) is 0 Å². The number of halogens is 2. The van der Waals surface area contributed by atoms with Crippen molar-refractivity contribution in [1.29, 1.82) is 0 Å². The van der Waals surface area contributed by atoms with Gasteiger partial charge in [-0.2, -0.15) is 5.10 Å². The van der Waals surface area contributed by atoms with E-state index >= 15 is 0 Å². The molecule has 0 aliphatic carbocycles. The van der Waals surface area contributed by atoms with E-state index in [4.69, 9.17) is 32.7 Å². The van der Waals surface area contributed by atoms with Crippen molar-refractivity contribution in [3.63, 3.8) is 0 Å². The maximum atomic E-state index is 12.4. The second kappa shape index (κ2) is 9.63. The zero-order valence-corrected chi connectivity index (χ0v) is 17.6. The molecule has 3 rings (SSSR count). The summed E-state index contributed by atoms with van der Waals surface area (Å²) >= 11 is 12.1. The topological polar surface area (TPSA) is 53.4 Å². The first-order chi connectivity index (χ1) is 14.0. The molecule has 0 fully saturated rings. The number of hydrogen-bond acceptors (Lipinski definition) is 4. The van der Waals surface area contributed by atoms with Crippen LogP contribution in [0.1, 0.15) is 28.5 Å². The zero-order chi connectivity index (χ0) is 20.8. The first-order valence-corrected chi connectivity index (χ1v) is 9.76. The monoisotopic (exact) mass is 430 g/mol. The van der Waals surface area contributed by atoms with Crippen molar-refractivity contribution in [2.75, 3.05) is 7.11 Å². The molecule has 0 aliphatic rings. The Kier molecular flexibility index (Phi) is 6.96. The third kappa shape index (κ3) is 5.19. The second-order valence-corrected chi connectivity index (χ2v) is 7.01. The molecule has 1 aromatic heterocycles. The number of aromatic nitrogens is 2. The average Bonchev–Trinajstić information content (AvgIpc) is 3.20. The lowest BCUT2D eigenvalue weighted by Crippen LogP contribution is -2.07. The molecule has 0 radical (unpaired) electrons. The van der Waals surface area contributed by atoms with Crippen LogP contribution in [0, 0.1) is 0 Å². The Morgan fingerprint density at radius 2 is 1.93 bits per heavy atom. The maximum absolute atomic E-state index is 12.4. The molecule has 0 amide bonds. The van der Waals surface area contributed by atoms with E-state index in [1.807, 2.05) is 25.1 Å². The Morgan fingerprint density at radius 3 is 2.66 bits per heavy atom. The van der Waals surface area contributed by atoms with E-state index in [1.54, 1.807) is 48.3 Å². The van der Waals surface area contributed by atoms with Gasteiger partial charge in [0.2, 0.25) is 5.78 Å². The number of aryl methyl sites for hydroxylation is 1. The summed E-state index contributed by atoms with van der Waals surface area (Å²) in [5, 5.41) is 5.10. The van der Waals surface area contributed by atoms with Crippen LogP contribution < -0.4 is 9.47 Å². The van der Waals surface area contributed by atoms with E-state index in [1.165, 1.54) is 6.08 Å². The molecule has 0 spiro atoms. The molecule has 0 aliphatic heterocycles. The standard InChI is InChI=1S/C22H20Cl2N2O3/c1-3-26-19(10-11-25-26)20(27)7-4-15-5-8-21(28-2)16(12-15)14-29-22-9-6-17(23)13-18(22)24/h4-13H,3,14H2,1-2H3/b7-4+. The van der Waals surface area contributed by atoms with Crippen LogP contribution in [0.2, 0.25) is 10.0 Å². The molecular formula is C22H20Cl2N2O3. The summed E-state index contributed by atoms with van der Waals surface area (Å²) in [5.41, 5.74) is 2.23. The van der Waals surface area contributed by atoms with Crippen LogP contribution in [0.4, 0.5) is 0 Å². The van der Waals surface area contributed by atoms with E-state index in [0.29, 0.717) is 33.8 Å². The van der Waals surface area contributed by atoms with Crippen LogP contribution >= 0.6 is 23.2 Å². The van der Waals surface area contributed by atoms with Crippen LogP contribution in [0.3, 0.4) is 0 Å². The van der Waals surface area contributed by atoms with Crippen molar-refractivity contribution in [3.8, 4) is 11.5 Å². The predicted octanol–water partition coefficient (Wildman–Crippen LogP) is 5.69. The lowest BCUT2D eigenvalue weighted by atomic mass is 10.1. The largest absolute Gasteiger partial charge is 0.496 e. The number of carbonyl (C=O) groups is 1. The number of allylic oxidation sites excluding steroid dienone is 1. The van der Waals surface area contributed by atoms with E-state index < -0.39 is 0 Å². The number of methoxy groups -OCH3 is 1. The third-order valence-corrected chi connectivity index (χ3v) is 4.81. The van der Waals surface area contributed by atoms with E-state index in [-0.39, 0.29) is 12.4 Å². The van der Waals surface area contributed by atoms with Crippen molar-refractivity contribution >= 4 is 35.1 Å². The van der Waals surface area contributed by atoms with Crippen molar-refractivity contribution in [2.45, 2.75) is 20.1 Å². The highest BCUT2D eigenvalue weighted by molar-refractivity contribution is 6.35. The third-order valence-electron chi connectivity index (χ3n) is 4.28. The van der Waals surface area contributed by atoms with Gasteiger partial charge >= 0.3 is 0 Å². The molecule has 0 N–H and O–H groups in total. The maximum Gasteiger partial charge on any atom is 0.203 e. The number of ether oxygens (including phenoxy) is 2. The molecule has 150 valence electrons. The summed E-state index contributed by atoms with van der Waals surface area (Å²) in [5.74, 6) is 1.11. The summed E-state index contributed by atoms with van der Waals surface area (Å²) in [6.45, 7) is 2.83. The van der Waals surface area contributed by atoms with Gasteiger partial charge in [0, 0.05) is 23.3 Å². The minimum Gasteiger partial charge on any atom is -0.496 e. The zero-order valence-electron chi connectivity index (χ0n) is 16.1. The van der Waals surface area contributed by atoms with Gasteiger partial charge < -0.3 is 9.47 Å². The predicted molar refractivity (Wildman–Crippen MR) is 115 cm³/mol. The van der Waals surface area contributed by atoms with Gasteiger partial charge in [-0.1, -0.05) is 35.3 Å². The van der Waals surface area contributed by atoms with Gasteiger partial charge in [0.25, 0.3) is 0 Å². The van der Waals surface area contributed by atoms with Gasteiger partial charge in [0.05, 0.1) is 12.1 Å². The summed E-state index contributed by atoms with van der Waals surface area (Å²) in [4.78, 5) is 12.4. The Hall–Kier alpha value is -2.76. The highest BCUT2D eigenvalue weighted by atomic mass is 35.5. The molecule has 1 heterocycles. The lowest BCUT2D eigenvalue weighted by Gasteiger charge is -2.12. The molecular weight excluding hydrogens is 411 g/mol. The van der Waals surface area contributed by atoms with Crippen LogP contribution in [0.5, 0.6) is 11.5 Å². The number of carbonyl (C=O) groups excluding carboxylic acids is 1. The summed E-state index contributed by atoms with van der Waals surface area (Å²) in [6.07, 6.45) is 4.91. The number of hydrogen-bond donors (Lipinski definition) is 0. The Balaban J connectivity index is 1.76. The van der Waals surface area contributed by atoms with Gasteiger partial charge in [-0.25, -0.2) is 0 Å². The van der Waals surface area contributed by atoms with E-state index in [0.717, 1.165) is 11.1 Å². The Morgan fingerprint density at radius 1 is 1.14 bits per heavy atom. The molecule has 0 unspecified atom stereocenters. The minimum absolute atomic E-state index is 0.106. The van der Waals surface area contributed by atoms with E-state index in [2.05, 4.69) is 5.10 Å². The number of rotatable bonds is 8. The highest BCUT2D eigenvalue weighted by Gasteiger charge is 2.10. The van der Waals surface area contributed by atoms with Crippen LogP contribution in [-0.2, 0) is 13.2 Å². The molecule has 0 atom stereocenters. The van der Waals surface area contributed by atoms with E-state index in [9.17, 15) is 4.79 Å².